The highest BCUT2D eigenvalue weighted by molar-refractivity contribution is 8.27. The van der Waals surface area contributed by atoms with Gasteiger partial charge in [-0.1, -0.05) is 0 Å². The average molecular weight is 263 g/mol. The molecule has 0 saturated carbocycles. The Hall–Kier alpha value is -2.08. The lowest BCUT2D eigenvalue weighted by Crippen LogP contribution is -1.96. The Balaban J connectivity index is 2.09. The van der Waals surface area contributed by atoms with E-state index in [9.17, 15) is 9.59 Å². The van der Waals surface area contributed by atoms with Crippen molar-refractivity contribution in [3.63, 3.8) is 0 Å². The fraction of sp³-hybridized carbons (Fsp3) is 0.0833. The van der Waals surface area contributed by atoms with E-state index in [1.54, 1.807) is 6.92 Å². The molecule has 6 heteroatoms. The zero-order valence-corrected chi connectivity index (χ0v) is 10.2. The molecule has 0 amide bonds. The molecular formula is C12H9NO4S. The summed E-state index contributed by atoms with van der Waals surface area (Å²) in [5.41, 5.74) is 0.427. The number of aromatic carboxylic acids is 1. The van der Waals surface area contributed by atoms with Gasteiger partial charge >= 0.3 is 5.97 Å². The Morgan fingerprint density at radius 1 is 1.39 bits per heavy atom. The van der Waals surface area contributed by atoms with Crippen LogP contribution in [0.5, 0.6) is 5.75 Å². The monoisotopic (exact) mass is 263 g/mol. The van der Waals surface area contributed by atoms with E-state index in [1.807, 2.05) is 0 Å². The van der Waals surface area contributed by atoms with E-state index >= 15 is 0 Å². The number of carboxylic acids is 1. The van der Waals surface area contributed by atoms with E-state index in [2.05, 4.69) is 4.99 Å². The SMILES string of the molecule is CC1=NC(=COc2ccc(C(=O)O)cc2)C(=O)S1. The van der Waals surface area contributed by atoms with Gasteiger partial charge in [-0.15, -0.1) is 0 Å². The maximum atomic E-state index is 11.4. The first-order chi connectivity index (χ1) is 8.56. The summed E-state index contributed by atoms with van der Waals surface area (Å²) >= 11 is 1.06. The fourth-order valence-corrected chi connectivity index (χ4v) is 1.91. The van der Waals surface area contributed by atoms with Crippen LogP contribution in [0, 0.1) is 0 Å². The highest BCUT2D eigenvalue weighted by Gasteiger charge is 2.19. The molecule has 1 heterocycles. The number of nitrogens with zero attached hydrogens (tertiary/aromatic N) is 1. The van der Waals surface area contributed by atoms with Crippen LogP contribution in [0.4, 0.5) is 0 Å². The van der Waals surface area contributed by atoms with Crippen molar-refractivity contribution in [1.82, 2.24) is 0 Å². The van der Waals surface area contributed by atoms with Crippen LogP contribution in [0.3, 0.4) is 0 Å². The van der Waals surface area contributed by atoms with Crippen LogP contribution in [-0.2, 0) is 4.79 Å². The molecule has 1 aliphatic heterocycles. The van der Waals surface area contributed by atoms with Crippen molar-refractivity contribution in [3.05, 3.63) is 41.8 Å². The first-order valence-electron chi connectivity index (χ1n) is 5.04. The average Bonchev–Trinajstić information content (AvgIpc) is 2.66. The molecule has 0 bridgehead atoms. The number of hydrogen-bond acceptors (Lipinski definition) is 5. The molecule has 1 aromatic rings. The molecular weight excluding hydrogens is 254 g/mol. The zero-order chi connectivity index (χ0) is 13.1. The second-order valence-corrected chi connectivity index (χ2v) is 4.64. The van der Waals surface area contributed by atoms with E-state index in [-0.39, 0.29) is 16.4 Å². The molecule has 0 aliphatic carbocycles. The molecule has 0 radical (unpaired) electrons. The number of thioether (sulfide) groups is 1. The summed E-state index contributed by atoms with van der Waals surface area (Å²) in [6.07, 6.45) is 1.27. The summed E-state index contributed by atoms with van der Waals surface area (Å²) in [5, 5.41) is 9.24. The zero-order valence-electron chi connectivity index (χ0n) is 9.41. The van der Waals surface area contributed by atoms with Gasteiger partial charge in [0.05, 0.1) is 10.6 Å². The normalized spacial score (nSPS) is 16.8. The Bertz CT molecular complexity index is 560. The Morgan fingerprint density at radius 2 is 2.06 bits per heavy atom. The van der Waals surface area contributed by atoms with E-state index in [1.165, 1.54) is 30.5 Å². The lowest BCUT2D eigenvalue weighted by molar-refractivity contribution is -0.107. The van der Waals surface area contributed by atoms with Crippen molar-refractivity contribution < 1.29 is 19.4 Å². The summed E-state index contributed by atoms with van der Waals surface area (Å²) in [4.78, 5) is 26.0. The number of hydrogen-bond donors (Lipinski definition) is 1. The molecule has 0 fully saturated rings. The maximum Gasteiger partial charge on any atom is 0.335 e. The van der Waals surface area contributed by atoms with Crippen molar-refractivity contribution in [2.24, 2.45) is 4.99 Å². The smallest absolute Gasteiger partial charge is 0.335 e. The molecule has 1 aliphatic rings. The molecule has 0 atom stereocenters. The van der Waals surface area contributed by atoms with Crippen LogP contribution < -0.4 is 4.74 Å². The number of aliphatic imine (C=N–C) groups is 1. The van der Waals surface area contributed by atoms with Crippen LogP contribution in [-0.4, -0.2) is 21.2 Å². The van der Waals surface area contributed by atoms with Gasteiger partial charge in [0.15, 0.2) is 5.70 Å². The standard InChI is InChI=1S/C12H9NO4S/c1-7-13-10(12(16)18-7)6-17-9-4-2-8(3-5-9)11(14)15/h2-6H,1H3,(H,14,15). The van der Waals surface area contributed by atoms with Crippen molar-refractivity contribution in [3.8, 4) is 5.75 Å². The summed E-state index contributed by atoms with van der Waals surface area (Å²) in [5.74, 6) is -0.549. The molecule has 0 spiro atoms. The number of carboxylic acid groups (broad SMARTS) is 1. The maximum absolute atomic E-state index is 11.4. The number of carbonyl (C=O) groups is 2. The molecule has 0 saturated heterocycles. The van der Waals surface area contributed by atoms with E-state index < -0.39 is 5.97 Å². The van der Waals surface area contributed by atoms with Crippen LogP contribution in [0.2, 0.25) is 0 Å². The summed E-state index contributed by atoms with van der Waals surface area (Å²) in [7, 11) is 0. The lowest BCUT2D eigenvalue weighted by atomic mass is 10.2. The minimum absolute atomic E-state index is 0.158. The van der Waals surface area contributed by atoms with Crippen molar-refractivity contribution in [1.29, 1.82) is 0 Å². The molecule has 2 rings (SSSR count). The molecule has 1 N–H and O–H groups in total. The van der Waals surface area contributed by atoms with Gasteiger partial charge in [-0.2, -0.15) is 0 Å². The van der Waals surface area contributed by atoms with Gasteiger partial charge < -0.3 is 9.84 Å². The van der Waals surface area contributed by atoms with Gasteiger partial charge in [-0.25, -0.2) is 9.79 Å². The topological polar surface area (TPSA) is 76.0 Å². The molecule has 0 aromatic heterocycles. The molecule has 0 unspecified atom stereocenters. The first-order valence-corrected chi connectivity index (χ1v) is 5.85. The number of benzene rings is 1. The predicted octanol–water partition coefficient (Wildman–Crippen LogP) is 2.30. The summed E-state index contributed by atoms with van der Waals surface area (Å²) in [6, 6.07) is 5.89. The van der Waals surface area contributed by atoms with Crippen molar-refractivity contribution >= 4 is 27.9 Å². The Morgan fingerprint density at radius 3 is 2.56 bits per heavy atom. The molecule has 5 nitrogen and oxygen atoms in total. The lowest BCUT2D eigenvalue weighted by Gasteiger charge is -2.00. The first kappa shape index (κ1) is 12.4. The minimum Gasteiger partial charge on any atom is -0.478 e. The van der Waals surface area contributed by atoms with Gasteiger partial charge in [0, 0.05) is 0 Å². The van der Waals surface area contributed by atoms with Crippen LogP contribution in [0.15, 0.2) is 41.2 Å². The second kappa shape index (κ2) is 5.05. The van der Waals surface area contributed by atoms with Gasteiger partial charge in [0.25, 0.3) is 0 Å². The highest BCUT2D eigenvalue weighted by Crippen LogP contribution is 2.23. The Labute approximate surface area is 107 Å². The third-order valence-electron chi connectivity index (χ3n) is 2.14. The number of carbonyl (C=O) groups excluding carboxylic acids is 1. The number of ether oxygens (including phenoxy) is 1. The fourth-order valence-electron chi connectivity index (χ4n) is 1.30. The quantitative estimate of drug-likeness (QED) is 0.669. The molecule has 18 heavy (non-hydrogen) atoms. The third-order valence-corrected chi connectivity index (χ3v) is 2.92. The summed E-state index contributed by atoms with van der Waals surface area (Å²) < 4.78 is 5.25. The second-order valence-electron chi connectivity index (χ2n) is 3.47. The van der Waals surface area contributed by atoms with Crippen LogP contribution >= 0.6 is 11.8 Å². The van der Waals surface area contributed by atoms with Crippen LogP contribution in [0.1, 0.15) is 17.3 Å². The largest absolute Gasteiger partial charge is 0.478 e. The van der Waals surface area contributed by atoms with Gasteiger partial charge in [0.1, 0.15) is 12.0 Å². The van der Waals surface area contributed by atoms with Gasteiger partial charge in [-0.3, -0.25) is 4.79 Å². The highest BCUT2D eigenvalue weighted by atomic mass is 32.2. The molecule has 92 valence electrons. The van der Waals surface area contributed by atoms with Crippen molar-refractivity contribution in [2.75, 3.05) is 0 Å². The van der Waals surface area contributed by atoms with Gasteiger partial charge in [0.2, 0.25) is 5.12 Å². The van der Waals surface area contributed by atoms with E-state index in [4.69, 9.17) is 9.84 Å². The Kier molecular flexibility index (Phi) is 3.47. The van der Waals surface area contributed by atoms with E-state index in [0.29, 0.717) is 10.8 Å². The van der Waals surface area contributed by atoms with Crippen LogP contribution in [0.25, 0.3) is 0 Å². The van der Waals surface area contributed by atoms with E-state index in [0.717, 1.165) is 11.8 Å². The number of rotatable bonds is 3. The summed E-state index contributed by atoms with van der Waals surface area (Å²) in [6.45, 7) is 1.74. The molecule has 1 aromatic carbocycles. The minimum atomic E-state index is -0.998. The third kappa shape index (κ3) is 2.78. The van der Waals surface area contributed by atoms with Gasteiger partial charge in [-0.05, 0) is 43.0 Å². The predicted molar refractivity (Wildman–Crippen MR) is 67.8 cm³/mol. The van der Waals surface area contributed by atoms with Crippen molar-refractivity contribution in [2.45, 2.75) is 6.92 Å².